The second-order valence-electron chi connectivity index (χ2n) is 5.17. The third-order valence-electron chi connectivity index (χ3n) is 3.35. The molecule has 0 amide bonds. The molecule has 0 atom stereocenters. The van der Waals surface area contributed by atoms with Gasteiger partial charge in [0.05, 0.1) is 22.5 Å². The number of hydrogen-bond donors (Lipinski definition) is 1. The van der Waals surface area contributed by atoms with Gasteiger partial charge in [0.15, 0.2) is 5.13 Å². The Labute approximate surface area is 132 Å². The molecule has 0 saturated carbocycles. The number of aryl methyl sites for hydroxylation is 3. The van der Waals surface area contributed by atoms with Crippen molar-refractivity contribution in [2.24, 2.45) is 0 Å². The number of halogens is 1. The quantitative estimate of drug-likeness (QED) is 0.784. The first kappa shape index (κ1) is 14.4. The first-order valence-corrected chi connectivity index (χ1v) is 8.04. The fourth-order valence-corrected chi connectivity index (χ4v) is 3.75. The first-order valence-electron chi connectivity index (χ1n) is 6.84. The van der Waals surface area contributed by atoms with Gasteiger partial charge in [-0.1, -0.05) is 22.9 Å². The van der Waals surface area contributed by atoms with Crippen molar-refractivity contribution in [3.05, 3.63) is 40.2 Å². The Balaban J connectivity index is 1.71. The number of rotatable bonds is 4. The molecule has 0 spiro atoms. The summed E-state index contributed by atoms with van der Waals surface area (Å²) < 4.78 is 3.13. The van der Waals surface area contributed by atoms with Crippen molar-refractivity contribution in [2.45, 2.75) is 27.3 Å². The van der Waals surface area contributed by atoms with Crippen molar-refractivity contribution in [3.63, 3.8) is 0 Å². The van der Waals surface area contributed by atoms with Gasteiger partial charge >= 0.3 is 0 Å². The maximum absolute atomic E-state index is 6.08. The van der Waals surface area contributed by atoms with E-state index in [9.17, 15) is 0 Å². The smallest absolute Gasteiger partial charge is 0.183 e. The number of fused-ring (bicyclic) bond motifs is 1. The SMILES string of the molecule is Cc1cc(C)n(CCNc2nc3c(C)cc(Cl)cc3s2)n1. The van der Waals surface area contributed by atoms with Crippen LogP contribution in [0.25, 0.3) is 10.2 Å². The van der Waals surface area contributed by atoms with Crippen LogP contribution in [-0.2, 0) is 6.54 Å². The van der Waals surface area contributed by atoms with Crippen LogP contribution in [0.15, 0.2) is 18.2 Å². The number of thiazole rings is 1. The van der Waals surface area contributed by atoms with E-state index in [1.165, 1.54) is 5.69 Å². The molecule has 4 nitrogen and oxygen atoms in total. The second kappa shape index (κ2) is 5.66. The Morgan fingerprint density at radius 2 is 2.05 bits per heavy atom. The average Bonchev–Trinajstić information content (AvgIpc) is 2.93. The summed E-state index contributed by atoms with van der Waals surface area (Å²) in [7, 11) is 0. The Bertz CT molecular complexity index is 790. The zero-order valence-corrected chi connectivity index (χ0v) is 13.8. The highest BCUT2D eigenvalue weighted by Crippen LogP contribution is 2.30. The zero-order chi connectivity index (χ0) is 15.0. The molecule has 1 aromatic carbocycles. The highest BCUT2D eigenvalue weighted by Gasteiger charge is 2.07. The summed E-state index contributed by atoms with van der Waals surface area (Å²) in [6, 6.07) is 6.00. The second-order valence-corrected chi connectivity index (χ2v) is 6.63. The van der Waals surface area contributed by atoms with E-state index in [-0.39, 0.29) is 0 Å². The molecular formula is C15H17ClN4S. The standard InChI is InChI=1S/C15H17ClN4S/c1-9-6-12(16)8-13-14(9)18-15(21-13)17-4-5-20-11(3)7-10(2)19-20/h6-8H,4-5H2,1-3H3,(H,17,18). The van der Waals surface area contributed by atoms with Crippen LogP contribution in [0.3, 0.4) is 0 Å². The summed E-state index contributed by atoms with van der Waals surface area (Å²) in [5, 5.41) is 9.51. The molecule has 3 rings (SSSR count). The van der Waals surface area contributed by atoms with Crippen LogP contribution in [0.5, 0.6) is 0 Å². The fraction of sp³-hybridized carbons (Fsp3) is 0.333. The maximum atomic E-state index is 6.08. The summed E-state index contributed by atoms with van der Waals surface area (Å²) in [5.74, 6) is 0. The van der Waals surface area contributed by atoms with Gasteiger partial charge in [-0.25, -0.2) is 4.98 Å². The van der Waals surface area contributed by atoms with Gasteiger partial charge < -0.3 is 5.32 Å². The molecule has 0 radical (unpaired) electrons. The Hall–Kier alpha value is -1.59. The van der Waals surface area contributed by atoms with E-state index in [0.717, 1.165) is 44.7 Å². The lowest BCUT2D eigenvalue weighted by molar-refractivity contribution is 0.615. The number of anilines is 1. The van der Waals surface area contributed by atoms with E-state index in [1.807, 2.05) is 30.7 Å². The molecule has 21 heavy (non-hydrogen) atoms. The van der Waals surface area contributed by atoms with Crippen molar-refractivity contribution in [3.8, 4) is 0 Å². The number of nitrogens with zero attached hydrogens (tertiary/aromatic N) is 3. The number of aromatic nitrogens is 3. The summed E-state index contributed by atoms with van der Waals surface area (Å²) in [5.41, 5.74) is 4.37. The van der Waals surface area contributed by atoms with E-state index in [2.05, 4.69) is 28.4 Å². The van der Waals surface area contributed by atoms with Crippen molar-refractivity contribution in [1.82, 2.24) is 14.8 Å². The van der Waals surface area contributed by atoms with Gasteiger partial charge in [0, 0.05) is 17.3 Å². The van der Waals surface area contributed by atoms with Crippen molar-refractivity contribution in [1.29, 1.82) is 0 Å². The van der Waals surface area contributed by atoms with Crippen LogP contribution < -0.4 is 5.32 Å². The Morgan fingerprint density at radius 3 is 2.76 bits per heavy atom. The lowest BCUT2D eigenvalue weighted by atomic mass is 10.2. The minimum Gasteiger partial charge on any atom is -0.360 e. The molecule has 0 aliphatic heterocycles. The summed E-state index contributed by atoms with van der Waals surface area (Å²) >= 11 is 7.72. The average molecular weight is 321 g/mol. The monoisotopic (exact) mass is 320 g/mol. The molecule has 0 saturated heterocycles. The van der Waals surface area contributed by atoms with Gasteiger partial charge in [0.2, 0.25) is 0 Å². The number of nitrogens with one attached hydrogen (secondary N) is 1. The van der Waals surface area contributed by atoms with E-state index in [0.29, 0.717) is 0 Å². The van der Waals surface area contributed by atoms with E-state index in [1.54, 1.807) is 11.3 Å². The lowest BCUT2D eigenvalue weighted by Gasteiger charge is -2.04. The maximum Gasteiger partial charge on any atom is 0.183 e. The van der Waals surface area contributed by atoms with E-state index >= 15 is 0 Å². The third kappa shape index (κ3) is 3.04. The highest BCUT2D eigenvalue weighted by atomic mass is 35.5. The lowest BCUT2D eigenvalue weighted by Crippen LogP contribution is -2.12. The molecule has 2 heterocycles. The van der Waals surface area contributed by atoms with Crippen molar-refractivity contribution >= 4 is 38.3 Å². The van der Waals surface area contributed by atoms with Crippen LogP contribution in [0.1, 0.15) is 17.0 Å². The molecule has 1 N–H and O–H groups in total. The molecule has 0 aliphatic carbocycles. The van der Waals surface area contributed by atoms with Crippen molar-refractivity contribution < 1.29 is 0 Å². The third-order valence-corrected chi connectivity index (χ3v) is 4.53. The number of hydrogen-bond acceptors (Lipinski definition) is 4. The molecule has 3 aromatic rings. The molecule has 0 aliphatic rings. The normalized spacial score (nSPS) is 11.2. The van der Waals surface area contributed by atoms with Gasteiger partial charge in [-0.05, 0) is 44.5 Å². The molecule has 2 aromatic heterocycles. The largest absolute Gasteiger partial charge is 0.360 e. The molecule has 0 fully saturated rings. The van der Waals surface area contributed by atoms with Crippen LogP contribution in [0.2, 0.25) is 5.02 Å². The molecular weight excluding hydrogens is 304 g/mol. The van der Waals surface area contributed by atoms with Gasteiger partial charge in [-0.3, -0.25) is 4.68 Å². The van der Waals surface area contributed by atoms with Gasteiger partial charge in [0.1, 0.15) is 0 Å². The Morgan fingerprint density at radius 1 is 1.24 bits per heavy atom. The molecule has 0 unspecified atom stereocenters. The molecule has 110 valence electrons. The first-order chi connectivity index (χ1) is 10.0. The van der Waals surface area contributed by atoms with Gasteiger partial charge in [0.25, 0.3) is 0 Å². The summed E-state index contributed by atoms with van der Waals surface area (Å²) in [6.45, 7) is 7.75. The minimum atomic E-state index is 0.762. The molecule has 6 heteroatoms. The van der Waals surface area contributed by atoms with Gasteiger partial charge in [-0.2, -0.15) is 5.10 Å². The summed E-state index contributed by atoms with van der Waals surface area (Å²) in [6.07, 6.45) is 0. The van der Waals surface area contributed by atoms with Crippen LogP contribution in [0.4, 0.5) is 5.13 Å². The predicted molar refractivity (Wildman–Crippen MR) is 89.6 cm³/mol. The Kier molecular flexibility index (Phi) is 3.87. The fourth-order valence-electron chi connectivity index (χ4n) is 2.40. The van der Waals surface area contributed by atoms with E-state index < -0.39 is 0 Å². The topological polar surface area (TPSA) is 42.7 Å². The number of benzene rings is 1. The van der Waals surface area contributed by atoms with Crippen LogP contribution in [0, 0.1) is 20.8 Å². The summed E-state index contributed by atoms with van der Waals surface area (Å²) in [4.78, 5) is 4.63. The van der Waals surface area contributed by atoms with Crippen LogP contribution in [-0.4, -0.2) is 21.3 Å². The zero-order valence-electron chi connectivity index (χ0n) is 12.3. The molecule has 0 bridgehead atoms. The van der Waals surface area contributed by atoms with Gasteiger partial charge in [-0.15, -0.1) is 0 Å². The van der Waals surface area contributed by atoms with Crippen molar-refractivity contribution in [2.75, 3.05) is 11.9 Å². The van der Waals surface area contributed by atoms with Crippen LogP contribution >= 0.6 is 22.9 Å². The minimum absolute atomic E-state index is 0.762. The van der Waals surface area contributed by atoms with E-state index in [4.69, 9.17) is 11.6 Å². The predicted octanol–water partition coefficient (Wildman–Crippen LogP) is 4.18. The highest BCUT2D eigenvalue weighted by molar-refractivity contribution is 7.22.